The van der Waals surface area contributed by atoms with Gasteiger partial charge < -0.3 is 15.4 Å². The molecule has 6 nitrogen and oxygen atoms in total. The smallest absolute Gasteiger partial charge is 0.262 e. The van der Waals surface area contributed by atoms with E-state index in [1.54, 1.807) is 24.6 Å². The summed E-state index contributed by atoms with van der Waals surface area (Å²) in [6.45, 7) is 1.84. The summed E-state index contributed by atoms with van der Waals surface area (Å²) in [5, 5.41) is 12.7. The van der Waals surface area contributed by atoms with Gasteiger partial charge in [-0.05, 0) is 30.8 Å². The van der Waals surface area contributed by atoms with Crippen molar-refractivity contribution >= 4 is 17.6 Å². The van der Waals surface area contributed by atoms with Crippen LogP contribution in [0.15, 0.2) is 44.4 Å². The van der Waals surface area contributed by atoms with Crippen molar-refractivity contribution in [2.24, 2.45) is 10.9 Å². The van der Waals surface area contributed by atoms with Crippen LogP contribution in [0.1, 0.15) is 11.3 Å². The van der Waals surface area contributed by atoms with Gasteiger partial charge in [-0.3, -0.25) is 0 Å². The van der Waals surface area contributed by atoms with Crippen LogP contribution in [0.25, 0.3) is 0 Å². The molecule has 17 heavy (non-hydrogen) atoms. The summed E-state index contributed by atoms with van der Waals surface area (Å²) in [5.41, 5.74) is 6.88. The van der Waals surface area contributed by atoms with Gasteiger partial charge in [0.1, 0.15) is 11.3 Å². The molecule has 0 aliphatic heterocycles. The number of amidine groups is 1. The fourth-order valence-electron chi connectivity index (χ4n) is 1.15. The van der Waals surface area contributed by atoms with Crippen LogP contribution < -0.4 is 5.73 Å². The molecule has 0 atom stereocenters. The van der Waals surface area contributed by atoms with Crippen LogP contribution >= 0.6 is 11.8 Å². The fourth-order valence-corrected chi connectivity index (χ4v) is 1.92. The minimum absolute atomic E-state index is 0.0397. The van der Waals surface area contributed by atoms with Gasteiger partial charge in [0.05, 0.1) is 5.69 Å². The van der Waals surface area contributed by atoms with Crippen molar-refractivity contribution in [3.63, 3.8) is 0 Å². The first-order valence-corrected chi connectivity index (χ1v) is 5.54. The topological polar surface area (TPSA) is 97.5 Å². The van der Waals surface area contributed by atoms with Gasteiger partial charge in [-0.2, -0.15) is 0 Å². The van der Waals surface area contributed by atoms with Gasteiger partial charge in [-0.1, -0.05) is 5.16 Å². The Kier molecular flexibility index (Phi) is 3.29. The van der Waals surface area contributed by atoms with E-state index in [2.05, 4.69) is 15.1 Å². The van der Waals surface area contributed by atoms with Crippen molar-refractivity contribution in [2.45, 2.75) is 17.2 Å². The number of aromatic nitrogens is 2. The van der Waals surface area contributed by atoms with E-state index in [0.29, 0.717) is 15.8 Å². The predicted octanol–water partition coefficient (Wildman–Crippen LogP) is 1.62. The molecule has 2 aromatic rings. The van der Waals surface area contributed by atoms with E-state index in [1.807, 2.05) is 6.92 Å². The molecular weight excluding hydrogens is 240 g/mol. The zero-order chi connectivity index (χ0) is 12.3. The number of rotatable bonds is 3. The third-order valence-electron chi connectivity index (χ3n) is 1.93. The lowest BCUT2D eigenvalue weighted by Crippen LogP contribution is -2.13. The molecule has 0 saturated carbocycles. The van der Waals surface area contributed by atoms with Gasteiger partial charge in [0, 0.05) is 11.8 Å². The fraction of sp³-hybridized carbons (Fsp3) is 0.100. The quantitative estimate of drug-likeness (QED) is 0.372. The van der Waals surface area contributed by atoms with Crippen LogP contribution in [0.5, 0.6) is 0 Å². The Hall–Kier alpha value is -2.02. The van der Waals surface area contributed by atoms with Crippen molar-refractivity contribution in [1.29, 1.82) is 0 Å². The Morgan fingerprint density at radius 2 is 2.41 bits per heavy atom. The maximum absolute atomic E-state index is 8.58. The largest absolute Gasteiger partial charge is 0.439 e. The number of oxime groups is 1. The minimum atomic E-state index is 0.0397. The number of hydrogen-bond donors (Lipinski definition) is 2. The van der Waals surface area contributed by atoms with Gasteiger partial charge in [0.15, 0.2) is 5.84 Å². The Labute approximate surface area is 102 Å². The van der Waals surface area contributed by atoms with Crippen molar-refractivity contribution in [3.8, 4) is 0 Å². The summed E-state index contributed by atoms with van der Waals surface area (Å²) in [7, 11) is 0. The second-order valence-corrected chi connectivity index (χ2v) is 4.20. The molecule has 0 aromatic carbocycles. The number of aryl methyl sites for hydroxylation is 1. The first-order valence-electron chi connectivity index (χ1n) is 4.73. The molecule has 0 radical (unpaired) electrons. The molecule has 0 fully saturated rings. The molecule has 0 bridgehead atoms. The lowest BCUT2D eigenvalue weighted by molar-refractivity contribution is 0.318. The average Bonchev–Trinajstić information content (AvgIpc) is 2.74. The molecule has 0 amide bonds. The summed E-state index contributed by atoms with van der Waals surface area (Å²) < 4.78 is 5.20. The van der Waals surface area contributed by atoms with Gasteiger partial charge >= 0.3 is 0 Å². The highest BCUT2D eigenvalue weighted by molar-refractivity contribution is 7.99. The monoisotopic (exact) mass is 250 g/mol. The van der Waals surface area contributed by atoms with Crippen molar-refractivity contribution in [2.75, 3.05) is 0 Å². The van der Waals surface area contributed by atoms with E-state index in [1.165, 1.54) is 11.8 Å². The van der Waals surface area contributed by atoms with Crippen LogP contribution in [0.2, 0.25) is 0 Å². The van der Waals surface area contributed by atoms with Gasteiger partial charge in [-0.25, -0.2) is 9.97 Å². The first kappa shape index (κ1) is 11.5. The summed E-state index contributed by atoms with van der Waals surface area (Å²) in [6, 6.07) is 3.35. The molecular formula is C10H10N4O2S. The third-order valence-corrected chi connectivity index (χ3v) is 2.72. The third kappa shape index (κ3) is 2.76. The van der Waals surface area contributed by atoms with Gasteiger partial charge in [-0.15, -0.1) is 0 Å². The van der Waals surface area contributed by atoms with Gasteiger partial charge in [0.2, 0.25) is 0 Å². The van der Waals surface area contributed by atoms with E-state index in [0.717, 1.165) is 5.69 Å². The lowest BCUT2D eigenvalue weighted by Gasteiger charge is -2.00. The molecule has 2 aromatic heterocycles. The van der Waals surface area contributed by atoms with Crippen LogP contribution in [0, 0.1) is 6.92 Å². The second-order valence-electron chi connectivity index (χ2n) is 3.22. The maximum Gasteiger partial charge on any atom is 0.262 e. The minimum Gasteiger partial charge on any atom is -0.439 e. The molecule has 3 N–H and O–H groups in total. The van der Waals surface area contributed by atoms with Crippen molar-refractivity contribution in [1.82, 2.24) is 9.97 Å². The maximum atomic E-state index is 8.58. The number of pyridine rings is 1. The number of oxazole rings is 1. The van der Waals surface area contributed by atoms with Crippen molar-refractivity contribution < 1.29 is 9.62 Å². The highest BCUT2D eigenvalue weighted by Crippen LogP contribution is 2.25. The normalized spacial score (nSPS) is 11.7. The number of nitrogens with two attached hydrogens (primary N) is 1. The standard InChI is InChI=1S/C10H10N4O2S/c1-6-5-16-10(13-6)17-8-4-7(2-3-12-8)9(11)14-15/h2-5,15H,1H3,(H2,11,14). The van der Waals surface area contributed by atoms with E-state index < -0.39 is 0 Å². The Morgan fingerprint density at radius 1 is 1.59 bits per heavy atom. The molecule has 0 aliphatic rings. The van der Waals surface area contributed by atoms with E-state index in [9.17, 15) is 0 Å². The molecule has 0 spiro atoms. The zero-order valence-electron chi connectivity index (χ0n) is 8.99. The van der Waals surface area contributed by atoms with E-state index in [-0.39, 0.29) is 5.84 Å². The van der Waals surface area contributed by atoms with Gasteiger partial charge in [0.25, 0.3) is 5.22 Å². The summed E-state index contributed by atoms with van der Waals surface area (Å²) in [4.78, 5) is 8.28. The van der Waals surface area contributed by atoms with E-state index >= 15 is 0 Å². The zero-order valence-corrected chi connectivity index (χ0v) is 9.81. The summed E-state index contributed by atoms with van der Waals surface area (Å²) in [6.07, 6.45) is 3.14. The predicted molar refractivity (Wildman–Crippen MR) is 62.1 cm³/mol. The second kappa shape index (κ2) is 4.88. The number of nitrogens with zero attached hydrogens (tertiary/aromatic N) is 3. The Morgan fingerprint density at radius 3 is 3.06 bits per heavy atom. The van der Waals surface area contributed by atoms with Crippen LogP contribution in [-0.4, -0.2) is 21.0 Å². The van der Waals surface area contributed by atoms with Crippen LogP contribution in [0.3, 0.4) is 0 Å². The highest BCUT2D eigenvalue weighted by Gasteiger charge is 2.07. The first-order chi connectivity index (χ1) is 8.19. The molecule has 7 heteroatoms. The Bertz CT molecular complexity index is 553. The molecule has 0 unspecified atom stereocenters. The van der Waals surface area contributed by atoms with Crippen LogP contribution in [-0.2, 0) is 0 Å². The molecule has 0 aliphatic carbocycles. The SMILES string of the molecule is Cc1coc(Sc2cc(/C(N)=N/O)ccn2)n1. The van der Waals surface area contributed by atoms with Crippen LogP contribution in [0.4, 0.5) is 0 Å². The summed E-state index contributed by atoms with van der Waals surface area (Å²) >= 11 is 1.27. The summed E-state index contributed by atoms with van der Waals surface area (Å²) in [5.74, 6) is 0.0397. The molecule has 88 valence electrons. The van der Waals surface area contributed by atoms with E-state index in [4.69, 9.17) is 15.4 Å². The van der Waals surface area contributed by atoms with Crippen molar-refractivity contribution in [3.05, 3.63) is 35.9 Å². The molecule has 0 saturated heterocycles. The highest BCUT2D eigenvalue weighted by atomic mass is 32.2. The average molecular weight is 250 g/mol. The Balaban J connectivity index is 2.22. The molecule has 2 rings (SSSR count). The number of hydrogen-bond acceptors (Lipinski definition) is 6. The lowest BCUT2D eigenvalue weighted by atomic mass is 10.2. The molecule has 2 heterocycles.